The van der Waals surface area contributed by atoms with Crippen LogP contribution >= 0.6 is 11.6 Å². The molecule has 0 aliphatic carbocycles. The zero-order valence-electron chi connectivity index (χ0n) is 7.01. The van der Waals surface area contributed by atoms with E-state index in [1.165, 1.54) is 6.07 Å². The van der Waals surface area contributed by atoms with Crippen molar-refractivity contribution in [2.45, 2.75) is 12.3 Å². The highest BCUT2D eigenvalue weighted by Crippen LogP contribution is 2.21. The molecule has 1 aromatic heterocycles. The molecule has 68 valence electrons. The third kappa shape index (κ3) is 1.40. The molecule has 0 spiro atoms. The van der Waals surface area contributed by atoms with E-state index in [4.69, 9.17) is 11.6 Å². The van der Waals surface area contributed by atoms with E-state index < -0.39 is 0 Å². The first kappa shape index (κ1) is 8.51. The van der Waals surface area contributed by atoms with Gasteiger partial charge >= 0.3 is 0 Å². The summed E-state index contributed by atoms with van der Waals surface area (Å²) in [5, 5.41) is -0.230. The van der Waals surface area contributed by atoms with Gasteiger partial charge < -0.3 is 4.98 Å². The Kier molecular flexibility index (Phi) is 1.96. The highest BCUT2D eigenvalue weighted by molar-refractivity contribution is 6.20. The van der Waals surface area contributed by atoms with Crippen molar-refractivity contribution in [2.24, 2.45) is 0 Å². The number of aromatic amines is 1. The van der Waals surface area contributed by atoms with Crippen LogP contribution in [0.2, 0.25) is 0 Å². The molecule has 0 fully saturated rings. The molecule has 0 radical (unpaired) electrons. The number of alkyl halides is 1. The molecule has 1 atom stereocenters. The normalized spacial score (nSPS) is 13.5. The standard InChI is InChI=1S/C9H8ClFN2/c1-5(10)9-12-7-4-2-3-6(11)8(7)13-9/h2-5H,1H3,(H,12,13). The van der Waals surface area contributed by atoms with E-state index in [1.54, 1.807) is 19.1 Å². The van der Waals surface area contributed by atoms with Crippen LogP contribution in [0.3, 0.4) is 0 Å². The summed E-state index contributed by atoms with van der Waals surface area (Å²) >= 11 is 5.81. The van der Waals surface area contributed by atoms with Gasteiger partial charge in [-0.15, -0.1) is 11.6 Å². The molecule has 0 saturated carbocycles. The summed E-state index contributed by atoms with van der Waals surface area (Å²) in [5.41, 5.74) is 1.03. The Bertz CT molecular complexity index is 436. The van der Waals surface area contributed by atoms with E-state index in [1.807, 2.05) is 0 Å². The van der Waals surface area contributed by atoms with Crippen molar-refractivity contribution in [1.82, 2.24) is 9.97 Å². The maximum atomic E-state index is 13.1. The molecular weight excluding hydrogens is 191 g/mol. The van der Waals surface area contributed by atoms with Gasteiger partial charge in [0.1, 0.15) is 11.3 Å². The molecule has 1 N–H and O–H groups in total. The van der Waals surface area contributed by atoms with E-state index in [9.17, 15) is 4.39 Å². The van der Waals surface area contributed by atoms with Gasteiger partial charge in [-0.2, -0.15) is 0 Å². The second kappa shape index (κ2) is 3.00. The van der Waals surface area contributed by atoms with Crippen LogP contribution in [0.1, 0.15) is 18.1 Å². The van der Waals surface area contributed by atoms with Gasteiger partial charge in [0.05, 0.1) is 10.9 Å². The highest BCUT2D eigenvalue weighted by Gasteiger charge is 2.09. The van der Waals surface area contributed by atoms with Crippen LogP contribution < -0.4 is 0 Å². The lowest BCUT2D eigenvalue weighted by atomic mass is 10.3. The topological polar surface area (TPSA) is 28.7 Å². The van der Waals surface area contributed by atoms with Crippen LogP contribution in [0.15, 0.2) is 18.2 Å². The fraction of sp³-hybridized carbons (Fsp3) is 0.222. The first-order valence-electron chi connectivity index (χ1n) is 3.96. The Labute approximate surface area is 79.7 Å². The fourth-order valence-electron chi connectivity index (χ4n) is 1.20. The molecule has 1 unspecified atom stereocenters. The minimum Gasteiger partial charge on any atom is -0.341 e. The lowest BCUT2D eigenvalue weighted by Gasteiger charge is -1.93. The van der Waals surface area contributed by atoms with Crippen LogP contribution in [-0.4, -0.2) is 9.97 Å². The minimum atomic E-state index is -0.322. The molecule has 0 amide bonds. The molecule has 0 bridgehead atoms. The number of nitrogens with one attached hydrogen (secondary N) is 1. The largest absolute Gasteiger partial charge is 0.341 e. The van der Waals surface area contributed by atoms with Gasteiger partial charge in [-0.1, -0.05) is 6.07 Å². The molecule has 2 rings (SSSR count). The second-order valence-corrected chi connectivity index (χ2v) is 3.53. The monoisotopic (exact) mass is 198 g/mol. The first-order valence-corrected chi connectivity index (χ1v) is 4.40. The summed E-state index contributed by atoms with van der Waals surface area (Å²) in [6, 6.07) is 4.79. The van der Waals surface area contributed by atoms with Crippen molar-refractivity contribution in [2.75, 3.05) is 0 Å². The Morgan fingerprint density at radius 3 is 2.92 bits per heavy atom. The van der Waals surface area contributed by atoms with Crippen molar-refractivity contribution >= 4 is 22.6 Å². The number of rotatable bonds is 1. The molecule has 2 aromatic rings. The Hall–Kier alpha value is -1.09. The number of nitrogens with zero attached hydrogens (tertiary/aromatic N) is 1. The number of halogens is 2. The minimum absolute atomic E-state index is 0.230. The van der Waals surface area contributed by atoms with E-state index in [-0.39, 0.29) is 11.2 Å². The predicted molar refractivity (Wildman–Crippen MR) is 50.3 cm³/mol. The molecule has 0 saturated heterocycles. The van der Waals surface area contributed by atoms with Gasteiger partial charge in [0.2, 0.25) is 0 Å². The van der Waals surface area contributed by atoms with E-state index in [0.717, 1.165) is 0 Å². The second-order valence-electron chi connectivity index (χ2n) is 2.87. The third-order valence-electron chi connectivity index (χ3n) is 1.86. The zero-order chi connectivity index (χ0) is 9.42. The average molecular weight is 199 g/mol. The van der Waals surface area contributed by atoms with Gasteiger partial charge in [-0.25, -0.2) is 9.37 Å². The highest BCUT2D eigenvalue weighted by atomic mass is 35.5. The van der Waals surface area contributed by atoms with Gasteiger partial charge in [0.25, 0.3) is 0 Å². The molecule has 0 aliphatic heterocycles. The number of para-hydroxylation sites is 1. The molecule has 2 nitrogen and oxygen atoms in total. The average Bonchev–Trinajstić information content (AvgIpc) is 2.49. The number of hydrogen-bond acceptors (Lipinski definition) is 1. The molecule has 13 heavy (non-hydrogen) atoms. The Morgan fingerprint density at radius 1 is 1.54 bits per heavy atom. The summed E-state index contributed by atoms with van der Waals surface area (Å²) in [7, 11) is 0. The first-order chi connectivity index (χ1) is 6.18. The molecule has 1 heterocycles. The van der Waals surface area contributed by atoms with Gasteiger partial charge in [0, 0.05) is 0 Å². The lowest BCUT2D eigenvalue weighted by molar-refractivity contribution is 0.637. The predicted octanol–water partition coefficient (Wildman–Crippen LogP) is 3.00. The summed E-state index contributed by atoms with van der Waals surface area (Å²) < 4.78 is 13.1. The van der Waals surface area contributed by atoms with Crippen molar-refractivity contribution in [1.29, 1.82) is 0 Å². The summed E-state index contributed by atoms with van der Waals surface area (Å²) in [4.78, 5) is 7.00. The smallest absolute Gasteiger partial charge is 0.151 e. The van der Waals surface area contributed by atoms with Gasteiger partial charge in [-0.3, -0.25) is 0 Å². The van der Waals surface area contributed by atoms with E-state index in [0.29, 0.717) is 16.9 Å². The number of fused-ring (bicyclic) bond motifs is 1. The van der Waals surface area contributed by atoms with E-state index in [2.05, 4.69) is 9.97 Å². The van der Waals surface area contributed by atoms with E-state index >= 15 is 0 Å². The van der Waals surface area contributed by atoms with Crippen molar-refractivity contribution in [3.8, 4) is 0 Å². The molecule has 4 heteroatoms. The molecule has 0 aliphatic rings. The van der Waals surface area contributed by atoms with Crippen LogP contribution in [0.5, 0.6) is 0 Å². The maximum Gasteiger partial charge on any atom is 0.151 e. The number of benzene rings is 1. The lowest BCUT2D eigenvalue weighted by Crippen LogP contribution is -1.85. The number of aromatic nitrogens is 2. The van der Waals surface area contributed by atoms with Crippen molar-refractivity contribution < 1.29 is 4.39 Å². The number of hydrogen-bond donors (Lipinski definition) is 1. The quantitative estimate of drug-likeness (QED) is 0.702. The van der Waals surface area contributed by atoms with Crippen LogP contribution in [0, 0.1) is 5.82 Å². The van der Waals surface area contributed by atoms with Gasteiger partial charge in [0.15, 0.2) is 5.82 Å². The number of H-pyrrole nitrogens is 1. The fourth-order valence-corrected chi connectivity index (χ4v) is 1.31. The van der Waals surface area contributed by atoms with Gasteiger partial charge in [-0.05, 0) is 19.1 Å². The Balaban J connectivity index is 2.68. The molecular formula is C9H8ClFN2. The maximum absolute atomic E-state index is 13.1. The zero-order valence-corrected chi connectivity index (χ0v) is 7.77. The number of imidazole rings is 1. The summed E-state index contributed by atoms with van der Waals surface area (Å²) in [6.07, 6.45) is 0. The van der Waals surface area contributed by atoms with Crippen LogP contribution in [0.4, 0.5) is 4.39 Å². The molecule has 1 aromatic carbocycles. The van der Waals surface area contributed by atoms with Crippen LogP contribution in [0.25, 0.3) is 11.0 Å². The van der Waals surface area contributed by atoms with Crippen LogP contribution in [-0.2, 0) is 0 Å². The SMILES string of the molecule is CC(Cl)c1nc2c(F)cccc2[nH]1. The Morgan fingerprint density at radius 2 is 2.31 bits per heavy atom. The summed E-state index contributed by atoms with van der Waals surface area (Å²) in [5.74, 6) is 0.277. The van der Waals surface area contributed by atoms with Crippen molar-refractivity contribution in [3.05, 3.63) is 29.8 Å². The summed E-state index contributed by atoms with van der Waals surface area (Å²) in [6.45, 7) is 1.79. The van der Waals surface area contributed by atoms with Crippen molar-refractivity contribution in [3.63, 3.8) is 0 Å². The third-order valence-corrected chi connectivity index (χ3v) is 2.07.